The average molecular weight is 500 g/mol. The van der Waals surface area contributed by atoms with E-state index < -0.39 is 17.4 Å². The Morgan fingerprint density at radius 3 is 2.53 bits per heavy atom. The quantitative estimate of drug-likeness (QED) is 0.282. The predicted molar refractivity (Wildman–Crippen MR) is 127 cm³/mol. The van der Waals surface area contributed by atoms with Crippen LogP contribution >= 0.6 is 23.2 Å². The maximum absolute atomic E-state index is 14.0. The lowest BCUT2D eigenvalue weighted by atomic mass is 10.2. The normalized spacial score (nSPS) is 11.5. The van der Waals surface area contributed by atoms with Crippen LogP contribution in [0.4, 0.5) is 15.8 Å². The van der Waals surface area contributed by atoms with Crippen LogP contribution in [-0.2, 0) is 4.79 Å². The van der Waals surface area contributed by atoms with Gasteiger partial charge in [0, 0.05) is 6.20 Å². The molecule has 34 heavy (non-hydrogen) atoms. The van der Waals surface area contributed by atoms with Crippen molar-refractivity contribution in [3.8, 4) is 11.5 Å². The molecule has 1 amide bonds. The SMILES string of the molecule is Cc1ncc(F)c2nnc(-c3ccc(N/C(=C/Nc4c(Cl)cccc4Cl)C(=N)C(N)=O)cn3)n12. The maximum atomic E-state index is 14.0. The van der Waals surface area contributed by atoms with E-state index in [1.165, 1.54) is 16.8 Å². The zero-order chi connectivity index (χ0) is 24.4. The van der Waals surface area contributed by atoms with Crippen molar-refractivity contribution in [3.05, 3.63) is 76.3 Å². The lowest BCUT2D eigenvalue weighted by molar-refractivity contribution is -0.112. The Labute approximate surface area is 202 Å². The van der Waals surface area contributed by atoms with Gasteiger partial charge in [0.15, 0.2) is 17.3 Å². The number of carbonyl (C=O) groups is 1. The summed E-state index contributed by atoms with van der Waals surface area (Å²) in [6.45, 7) is 1.69. The largest absolute Gasteiger partial charge is 0.364 e. The fourth-order valence-electron chi connectivity index (χ4n) is 3.02. The van der Waals surface area contributed by atoms with Crippen molar-refractivity contribution in [2.75, 3.05) is 10.6 Å². The smallest absolute Gasteiger partial charge is 0.268 e. The third-order valence-electron chi connectivity index (χ3n) is 4.68. The number of anilines is 2. The van der Waals surface area contributed by atoms with Crippen molar-refractivity contribution < 1.29 is 9.18 Å². The summed E-state index contributed by atoms with van der Waals surface area (Å²) in [4.78, 5) is 20.0. The van der Waals surface area contributed by atoms with Gasteiger partial charge in [-0.2, -0.15) is 0 Å². The molecule has 0 saturated carbocycles. The zero-order valence-corrected chi connectivity index (χ0v) is 19.0. The number of nitrogens with zero attached hydrogens (tertiary/aromatic N) is 5. The van der Waals surface area contributed by atoms with Crippen LogP contribution in [0, 0.1) is 18.2 Å². The van der Waals surface area contributed by atoms with Crippen molar-refractivity contribution in [2.45, 2.75) is 6.92 Å². The highest BCUT2D eigenvalue weighted by atomic mass is 35.5. The molecule has 10 nitrogen and oxygen atoms in total. The summed E-state index contributed by atoms with van der Waals surface area (Å²) in [6, 6.07) is 8.21. The highest BCUT2D eigenvalue weighted by Crippen LogP contribution is 2.30. The zero-order valence-electron chi connectivity index (χ0n) is 17.5. The molecule has 0 bridgehead atoms. The lowest BCUT2D eigenvalue weighted by Crippen LogP contribution is -2.27. The van der Waals surface area contributed by atoms with Gasteiger partial charge in [-0.25, -0.2) is 9.37 Å². The third-order valence-corrected chi connectivity index (χ3v) is 5.31. The van der Waals surface area contributed by atoms with Gasteiger partial charge in [0.05, 0.1) is 39.5 Å². The Morgan fingerprint density at radius 2 is 1.88 bits per heavy atom. The number of carbonyl (C=O) groups excluding carboxylic acids is 1. The number of pyridine rings is 1. The number of primary amides is 1. The Hall–Kier alpha value is -4.09. The van der Waals surface area contributed by atoms with Crippen molar-refractivity contribution >= 4 is 51.8 Å². The molecule has 13 heteroatoms. The van der Waals surface area contributed by atoms with Crippen molar-refractivity contribution in [2.24, 2.45) is 5.73 Å². The van der Waals surface area contributed by atoms with E-state index >= 15 is 0 Å². The number of aryl methyl sites for hydroxylation is 1. The number of nitrogens with two attached hydrogens (primary N) is 1. The molecule has 172 valence electrons. The Morgan fingerprint density at radius 1 is 1.15 bits per heavy atom. The van der Waals surface area contributed by atoms with Gasteiger partial charge in [-0.3, -0.25) is 19.6 Å². The van der Waals surface area contributed by atoms with E-state index in [-0.39, 0.29) is 11.3 Å². The van der Waals surface area contributed by atoms with Crippen LogP contribution in [0.2, 0.25) is 10.0 Å². The summed E-state index contributed by atoms with van der Waals surface area (Å²) in [7, 11) is 0. The minimum absolute atomic E-state index is 0.0379. The van der Waals surface area contributed by atoms with E-state index in [9.17, 15) is 9.18 Å². The van der Waals surface area contributed by atoms with Crippen molar-refractivity contribution in [1.29, 1.82) is 5.41 Å². The van der Waals surface area contributed by atoms with E-state index in [0.29, 0.717) is 38.8 Å². The molecule has 3 aromatic heterocycles. The molecular formula is C21H16Cl2FN9O. The molecule has 1 aromatic carbocycles. The second-order valence-electron chi connectivity index (χ2n) is 6.93. The first-order valence-electron chi connectivity index (χ1n) is 9.65. The van der Waals surface area contributed by atoms with Crippen LogP contribution in [0.1, 0.15) is 5.82 Å². The lowest BCUT2D eigenvalue weighted by Gasteiger charge is -2.13. The summed E-state index contributed by atoms with van der Waals surface area (Å²) in [5.74, 6) is -0.754. The molecule has 3 heterocycles. The number of benzene rings is 1. The highest BCUT2D eigenvalue weighted by molar-refractivity contribution is 6.44. The average Bonchev–Trinajstić information content (AvgIpc) is 3.27. The maximum Gasteiger partial charge on any atom is 0.268 e. The third kappa shape index (κ3) is 4.51. The van der Waals surface area contributed by atoms with E-state index in [2.05, 4.69) is 30.8 Å². The minimum Gasteiger partial charge on any atom is -0.364 e. The van der Waals surface area contributed by atoms with Gasteiger partial charge in [-0.1, -0.05) is 29.3 Å². The van der Waals surface area contributed by atoms with Gasteiger partial charge in [0.25, 0.3) is 5.91 Å². The van der Waals surface area contributed by atoms with E-state index in [1.54, 1.807) is 37.3 Å². The molecule has 0 radical (unpaired) electrons. The molecule has 5 N–H and O–H groups in total. The van der Waals surface area contributed by atoms with Gasteiger partial charge in [0.2, 0.25) is 0 Å². The molecule has 0 spiro atoms. The topological polar surface area (TPSA) is 147 Å². The molecule has 0 aliphatic carbocycles. The molecule has 4 aromatic rings. The number of hydrogen-bond donors (Lipinski definition) is 4. The van der Waals surface area contributed by atoms with Crippen LogP contribution in [-0.4, -0.2) is 36.2 Å². The standard InChI is InChI=1S/C21H16Cl2FN9O/c1-10-27-8-14(24)20-31-32-21(33(10)20)15-6-5-11(7-28-15)30-16(17(25)19(26)34)9-29-18-12(22)3-2-4-13(18)23/h2-9,25,29-30H,1H3,(H2,26,34)/b16-9+,25-17?. The number of rotatable bonds is 7. The first-order chi connectivity index (χ1) is 16.3. The Bertz CT molecular complexity index is 1430. The molecular weight excluding hydrogens is 484 g/mol. The van der Waals surface area contributed by atoms with Crippen molar-refractivity contribution in [3.63, 3.8) is 0 Å². The van der Waals surface area contributed by atoms with Gasteiger partial charge in [0.1, 0.15) is 17.2 Å². The van der Waals surface area contributed by atoms with Gasteiger partial charge in [-0.15, -0.1) is 10.2 Å². The molecule has 0 saturated heterocycles. The Kier molecular flexibility index (Phi) is 6.39. The van der Waals surface area contributed by atoms with Gasteiger partial charge in [-0.05, 0) is 31.2 Å². The molecule has 0 unspecified atom stereocenters. The number of halogens is 3. The Balaban J connectivity index is 1.63. The molecule has 0 atom stereocenters. The highest BCUT2D eigenvalue weighted by Gasteiger charge is 2.16. The monoisotopic (exact) mass is 499 g/mol. The number of para-hydroxylation sites is 1. The summed E-state index contributed by atoms with van der Waals surface area (Å²) < 4.78 is 15.4. The fourth-order valence-corrected chi connectivity index (χ4v) is 3.52. The second-order valence-corrected chi connectivity index (χ2v) is 7.75. The summed E-state index contributed by atoms with van der Waals surface area (Å²) in [5, 5.41) is 22.4. The molecule has 0 aliphatic heterocycles. The van der Waals surface area contributed by atoms with Gasteiger partial charge >= 0.3 is 0 Å². The number of nitrogens with one attached hydrogen (secondary N) is 3. The van der Waals surface area contributed by atoms with Crippen LogP contribution in [0.25, 0.3) is 17.2 Å². The van der Waals surface area contributed by atoms with E-state index in [1.807, 2.05) is 0 Å². The second kappa shape index (κ2) is 9.41. The fraction of sp³-hybridized carbons (Fsp3) is 0.0476. The van der Waals surface area contributed by atoms with E-state index in [4.69, 9.17) is 34.3 Å². The predicted octanol–water partition coefficient (Wildman–Crippen LogP) is 3.81. The number of aromatic nitrogens is 5. The van der Waals surface area contributed by atoms with Crippen LogP contribution in [0.3, 0.4) is 0 Å². The molecule has 0 fully saturated rings. The van der Waals surface area contributed by atoms with Crippen LogP contribution in [0.5, 0.6) is 0 Å². The minimum atomic E-state index is -0.949. The number of hydrogen-bond acceptors (Lipinski definition) is 8. The summed E-state index contributed by atoms with van der Waals surface area (Å²) in [6.07, 6.45) is 3.87. The number of fused-ring (bicyclic) bond motifs is 1. The molecule has 0 aliphatic rings. The molecule has 4 rings (SSSR count). The van der Waals surface area contributed by atoms with E-state index in [0.717, 1.165) is 6.20 Å². The first kappa shape index (κ1) is 23.1. The van der Waals surface area contributed by atoms with Crippen molar-refractivity contribution in [1.82, 2.24) is 24.6 Å². The number of amides is 1. The van der Waals surface area contributed by atoms with Gasteiger partial charge < -0.3 is 16.4 Å². The van der Waals surface area contributed by atoms with Crippen LogP contribution < -0.4 is 16.4 Å². The summed E-state index contributed by atoms with van der Waals surface area (Å²) in [5.41, 5.74) is 6.13. The first-order valence-corrected chi connectivity index (χ1v) is 10.4. The summed E-state index contributed by atoms with van der Waals surface area (Å²) >= 11 is 12.3. The van der Waals surface area contributed by atoms with Crippen LogP contribution in [0.15, 0.2) is 54.6 Å².